The molecule has 3 saturated carbocycles. The Morgan fingerprint density at radius 2 is 1.96 bits per heavy atom. The highest BCUT2D eigenvalue weighted by atomic mass is 17.1. The largest absolute Gasteiger partial charge is 0.393 e. The molecule has 3 fully saturated rings. The molecule has 0 aromatic heterocycles. The second-order valence-corrected chi connectivity index (χ2v) is 9.46. The fourth-order valence-corrected chi connectivity index (χ4v) is 7.54. The van der Waals surface area contributed by atoms with Crippen molar-refractivity contribution in [3.05, 3.63) is 11.6 Å². The number of hydrogen-bond donors (Lipinski definition) is 2. The van der Waals surface area contributed by atoms with Gasteiger partial charge in [-0.2, -0.15) is 0 Å². The van der Waals surface area contributed by atoms with Crippen molar-refractivity contribution in [1.29, 1.82) is 0 Å². The SMILES string of the molecule is CC[C@H]1CC[C@H]2[C@@H]3CCC4=CC(=O)C(=O)C(OO)[C@]4(C)[C@H]3[C@@H](O)C[C@]12C. The zero-order chi connectivity index (χ0) is 18.9. The van der Waals surface area contributed by atoms with E-state index in [2.05, 4.69) is 18.7 Å². The van der Waals surface area contributed by atoms with Gasteiger partial charge in [-0.05, 0) is 61.3 Å². The number of rotatable bonds is 2. The number of Topliss-reactive ketones (excluding diaryl/α,β-unsaturated/α-hetero) is 1. The van der Waals surface area contributed by atoms with Crippen LogP contribution in [-0.4, -0.2) is 34.1 Å². The Morgan fingerprint density at radius 1 is 1.23 bits per heavy atom. The Bertz CT molecular complexity index is 669. The zero-order valence-corrected chi connectivity index (χ0v) is 15.9. The summed E-state index contributed by atoms with van der Waals surface area (Å²) >= 11 is 0. The van der Waals surface area contributed by atoms with E-state index in [-0.39, 0.29) is 11.3 Å². The Kier molecular flexibility index (Phi) is 4.22. The molecule has 5 nitrogen and oxygen atoms in total. The summed E-state index contributed by atoms with van der Waals surface area (Å²) in [6.45, 7) is 6.47. The minimum absolute atomic E-state index is 0.136. The average molecular weight is 362 g/mol. The summed E-state index contributed by atoms with van der Waals surface area (Å²) < 4.78 is 0. The van der Waals surface area contributed by atoms with Crippen LogP contribution in [0.25, 0.3) is 0 Å². The molecule has 26 heavy (non-hydrogen) atoms. The highest BCUT2D eigenvalue weighted by Crippen LogP contribution is 2.67. The van der Waals surface area contributed by atoms with Crippen LogP contribution in [0, 0.1) is 34.5 Å². The minimum Gasteiger partial charge on any atom is -0.393 e. The first-order valence-electron chi connectivity index (χ1n) is 10.1. The summed E-state index contributed by atoms with van der Waals surface area (Å²) in [7, 11) is 0. The van der Waals surface area contributed by atoms with Crippen LogP contribution in [0.1, 0.15) is 59.3 Å². The average Bonchev–Trinajstić information content (AvgIpc) is 2.92. The molecule has 8 atom stereocenters. The molecule has 0 aliphatic heterocycles. The van der Waals surface area contributed by atoms with E-state index in [1.165, 1.54) is 12.5 Å². The van der Waals surface area contributed by atoms with E-state index < -0.39 is 29.2 Å². The molecule has 0 amide bonds. The van der Waals surface area contributed by atoms with Crippen LogP contribution in [0.15, 0.2) is 11.6 Å². The van der Waals surface area contributed by atoms with Crippen molar-refractivity contribution in [1.82, 2.24) is 0 Å². The van der Waals surface area contributed by atoms with Gasteiger partial charge in [-0.15, -0.1) is 0 Å². The van der Waals surface area contributed by atoms with E-state index in [1.807, 2.05) is 6.92 Å². The predicted molar refractivity (Wildman–Crippen MR) is 95.2 cm³/mol. The third-order valence-corrected chi connectivity index (χ3v) is 8.71. The van der Waals surface area contributed by atoms with Gasteiger partial charge in [0.1, 0.15) is 0 Å². The maximum Gasteiger partial charge on any atom is 0.235 e. The molecule has 0 radical (unpaired) electrons. The Labute approximate surface area is 154 Å². The van der Waals surface area contributed by atoms with Gasteiger partial charge >= 0.3 is 0 Å². The van der Waals surface area contributed by atoms with E-state index in [9.17, 15) is 20.0 Å². The van der Waals surface area contributed by atoms with Crippen LogP contribution in [0.2, 0.25) is 0 Å². The summed E-state index contributed by atoms with van der Waals surface area (Å²) in [6.07, 6.45) is 5.56. The lowest BCUT2D eigenvalue weighted by Gasteiger charge is -2.60. The van der Waals surface area contributed by atoms with Crippen molar-refractivity contribution < 1.29 is 24.8 Å². The molecule has 0 heterocycles. The van der Waals surface area contributed by atoms with E-state index in [0.29, 0.717) is 17.8 Å². The van der Waals surface area contributed by atoms with E-state index >= 15 is 0 Å². The molecule has 4 aliphatic carbocycles. The maximum absolute atomic E-state index is 12.4. The van der Waals surface area contributed by atoms with Crippen LogP contribution in [0.5, 0.6) is 0 Å². The van der Waals surface area contributed by atoms with Gasteiger partial charge in [-0.1, -0.05) is 32.8 Å². The molecule has 144 valence electrons. The maximum atomic E-state index is 12.4. The normalized spacial score (nSPS) is 50.7. The van der Waals surface area contributed by atoms with Gasteiger partial charge < -0.3 is 5.11 Å². The first-order valence-corrected chi connectivity index (χ1v) is 10.1. The molecule has 0 aromatic carbocycles. The molecule has 1 unspecified atom stereocenters. The van der Waals surface area contributed by atoms with Gasteiger partial charge in [-0.25, -0.2) is 4.89 Å². The van der Waals surface area contributed by atoms with E-state index in [4.69, 9.17) is 0 Å². The highest BCUT2D eigenvalue weighted by Gasteiger charge is 2.65. The smallest absolute Gasteiger partial charge is 0.235 e. The number of fused-ring (bicyclic) bond motifs is 5. The van der Waals surface area contributed by atoms with E-state index in [0.717, 1.165) is 37.7 Å². The van der Waals surface area contributed by atoms with Gasteiger partial charge in [0.15, 0.2) is 6.10 Å². The quantitative estimate of drug-likeness (QED) is 0.448. The second kappa shape index (κ2) is 5.98. The van der Waals surface area contributed by atoms with Crippen LogP contribution < -0.4 is 0 Å². The monoisotopic (exact) mass is 362 g/mol. The Morgan fingerprint density at radius 3 is 2.62 bits per heavy atom. The predicted octanol–water partition coefficient (Wildman–Crippen LogP) is 3.16. The van der Waals surface area contributed by atoms with Crippen LogP contribution in [0.4, 0.5) is 0 Å². The lowest BCUT2D eigenvalue weighted by molar-refractivity contribution is -0.303. The molecule has 4 rings (SSSR count). The summed E-state index contributed by atoms with van der Waals surface area (Å²) in [4.78, 5) is 29.1. The summed E-state index contributed by atoms with van der Waals surface area (Å²) in [5.41, 5.74) is 0.181. The molecule has 5 heteroatoms. The van der Waals surface area contributed by atoms with Crippen molar-refractivity contribution in [2.75, 3.05) is 0 Å². The molecule has 0 bridgehead atoms. The molecule has 2 N–H and O–H groups in total. The fraction of sp³-hybridized carbons (Fsp3) is 0.810. The lowest BCUT2D eigenvalue weighted by Crippen LogP contribution is -2.62. The van der Waals surface area contributed by atoms with Crippen molar-refractivity contribution in [2.45, 2.75) is 71.5 Å². The van der Waals surface area contributed by atoms with Gasteiger partial charge in [0.05, 0.1) is 6.10 Å². The number of hydrogen-bond acceptors (Lipinski definition) is 5. The van der Waals surface area contributed by atoms with Crippen molar-refractivity contribution in [3.8, 4) is 0 Å². The molecule has 4 aliphatic rings. The van der Waals surface area contributed by atoms with Crippen molar-refractivity contribution >= 4 is 11.6 Å². The first-order chi connectivity index (χ1) is 12.3. The minimum atomic E-state index is -1.20. The van der Waals surface area contributed by atoms with Gasteiger partial charge in [0.25, 0.3) is 0 Å². The van der Waals surface area contributed by atoms with Crippen molar-refractivity contribution in [3.63, 3.8) is 0 Å². The van der Waals surface area contributed by atoms with Gasteiger partial charge in [-0.3, -0.25) is 14.8 Å². The molecule has 0 saturated heterocycles. The van der Waals surface area contributed by atoms with Crippen molar-refractivity contribution in [2.24, 2.45) is 34.5 Å². The van der Waals surface area contributed by atoms with Crippen LogP contribution >= 0.6 is 0 Å². The number of carbonyl (C=O) groups is 2. The fourth-order valence-electron chi connectivity index (χ4n) is 7.54. The number of carbonyl (C=O) groups excluding carboxylic acids is 2. The van der Waals surface area contributed by atoms with Crippen LogP contribution in [-0.2, 0) is 14.5 Å². The number of ketones is 2. The topological polar surface area (TPSA) is 83.8 Å². The Hall–Kier alpha value is -1.04. The van der Waals surface area contributed by atoms with Crippen LogP contribution in [0.3, 0.4) is 0 Å². The van der Waals surface area contributed by atoms with E-state index in [1.54, 1.807) is 0 Å². The molecular weight excluding hydrogens is 332 g/mol. The number of aliphatic hydroxyl groups excluding tert-OH is 1. The number of aliphatic hydroxyl groups is 1. The summed E-state index contributed by atoms with van der Waals surface area (Å²) in [5, 5.41) is 20.7. The lowest BCUT2D eigenvalue weighted by atomic mass is 9.45. The molecule has 0 spiro atoms. The van der Waals surface area contributed by atoms with Gasteiger partial charge in [0, 0.05) is 11.3 Å². The van der Waals surface area contributed by atoms with Gasteiger partial charge in [0.2, 0.25) is 11.6 Å². The zero-order valence-electron chi connectivity index (χ0n) is 15.9. The third-order valence-electron chi connectivity index (χ3n) is 8.71. The molecule has 0 aromatic rings. The summed E-state index contributed by atoms with van der Waals surface area (Å²) in [6, 6.07) is 0. The highest BCUT2D eigenvalue weighted by molar-refractivity contribution is 6.44. The second-order valence-electron chi connectivity index (χ2n) is 9.46. The molecular formula is C21H30O5. The third kappa shape index (κ3) is 2.14. The summed E-state index contributed by atoms with van der Waals surface area (Å²) in [5.74, 6) is -0.0140. The first kappa shape index (κ1) is 18.3. The standard InChI is InChI=1S/C21H30O5/c1-4-11-6-8-14-13-7-5-12-9-15(22)18(24)19(26-25)21(12,3)17(13)16(23)10-20(11,14)2/h9,11,13-14,16-17,19,23,25H,4-8,10H2,1-3H3/t11-,13-,14-,16-,17+,19?,20+,21-/m0/s1. The Balaban J connectivity index is 1.79.